The first kappa shape index (κ1) is 25.7. The second-order valence-electron chi connectivity index (χ2n) is 9.12. The van der Waals surface area contributed by atoms with Crippen molar-refractivity contribution < 1.29 is 33.8 Å². The van der Waals surface area contributed by atoms with Crippen molar-refractivity contribution >= 4 is 29.6 Å². The Bertz CT molecular complexity index is 987. The molecule has 3 heterocycles. The number of hydrogen-bond donors (Lipinski definition) is 2. The van der Waals surface area contributed by atoms with E-state index in [-0.39, 0.29) is 30.9 Å². The summed E-state index contributed by atoms with van der Waals surface area (Å²) in [5, 5.41) is 11.3. The van der Waals surface area contributed by atoms with Crippen LogP contribution in [0.15, 0.2) is 18.2 Å². The van der Waals surface area contributed by atoms with E-state index >= 15 is 0 Å². The highest BCUT2D eigenvalue weighted by Crippen LogP contribution is 2.31. The zero-order valence-electron chi connectivity index (χ0n) is 20.5. The topological polar surface area (TPSA) is 132 Å². The number of methoxy groups -OCH3 is 1. The van der Waals surface area contributed by atoms with Crippen LogP contribution in [0.1, 0.15) is 29.6 Å². The summed E-state index contributed by atoms with van der Waals surface area (Å²) in [7, 11) is 1.49. The standard InChI is InChI=1S/C24H33N5O7/c1-35-20-3-2-17(16-19(20)29-9-6-21(30)25-23(29)32)22(31)27-7-4-18(5-8-27)36-15-14-26-10-12-28(13-11-26)24(33)34/h2-3,16,18H,4-15H2,1H3,(H,33,34)(H,25,30,32). The van der Waals surface area contributed by atoms with Crippen LogP contribution in [0.3, 0.4) is 0 Å². The molecule has 1 aromatic rings. The number of benzene rings is 1. The number of imide groups is 1. The summed E-state index contributed by atoms with van der Waals surface area (Å²) in [5.41, 5.74) is 0.908. The molecule has 0 bridgehead atoms. The molecule has 3 saturated heterocycles. The van der Waals surface area contributed by atoms with Crippen LogP contribution in [-0.4, -0.2) is 116 Å². The Morgan fingerprint density at radius 1 is 1.03 bits per heavy atom. The van der Waals surface area contributed by atoms with Gasteiger partial charge in [-0.2, -0.15) is 0 Å². The summed E-state index contributed by atoms with van der Waals surface area (Å²) in [4.78, 5) is 54.9. The molecule has 0 spiro atoms. The summed E-state index contributed by atoms with van der Waals surface area (Å²) >= 11 is 0. The Balaban J connectivity index is 1.26. The molecule has 12 heteroatoms. The summed E-state index contributed by atoms with van der Waals surface area (Å²) in [6.45, 7) is 5.15. The predicted molar refractivity (Wildman–Crippen MR) is 129 cm³/mol. The minimum absolute atomic E-state index is 0.0790. The fourth-order valence-corrected chi connectivity index (χ4v) is 4.75. The lowest BCUT2D eigenvalue weighted by Gasteiger charge is -2.34. The van der Waals surface area contributed by atoms with Crippen molar-refractivity contribution in [2.45, 2.75) is 25.4 Å². The maximum Gasteiger partial charge on any atom is 0.407 e. The lowest BCUT2D eigenvalue weighted by atomic mass is 10.1. The molecule has 3 fully saturated rings. The van der Waals surface area contributed by atoms with E-state index in [4.69, 9.17) is 14.6 Å². The summed E-state index contributed by atoms with van der Waals surface area (Å²) < 4.78 is 11.4. The van der Waals surface area contributed by atoms with E-state index in [1.165, 1.54) is 16.9 Å². The van der Waals surface area contributed by atoms with Gasteiger partial charge in [-0.05, 0) is 31.0 Å². The molecule has 0 atom stereocenters. The van der Waals surface area contributed by atoms with E-state index in [0.717, 1.165) is 19.4 Å². The summed E-state index contributed by atoms with van der Waals surface area (Å²) in [6, 6.07) is 4.46. The molecule has 0 aromatic heterocycles. The van der Waals surface area contributed by atoms with Gasteiger partial charge in [0.2, 0.25) is 5.91 Å². The zero-order valence-corrected chi connectivity index (χ0v) is 20.5. The molecule has 2 N–H and O–H groups in total. The summed E-state index contributed by atoms with van der Waals surface area (Å²) in [5.74, 6) is 0.00276. The van der Waals surface area contributed by atoms with Crippen molar-refractivity contribution in [1.29, 1.82) is 0 Å². The Morgan fingerprint density at radius 3 is 2.39 bits per heavy atom. The third kappa shape index (κ3) is 6.05. The van der Waals surface area contributed by atoms with Gasteiger partial charge in [-0.15, -0.1) is 0 Å². The first-order chi connectivity index (χ1) is 17.4. The minimum Gasteiger partial charge on any atom is -0.495 e. The van der Waals surface area contributed by atoms with Gasteiger partial charge < -0.3 is 24.4 Å². The van der Waals surface area contributed by atoms with Crippen LogP contribution in [0.5, 0.6) is 5.75 Å². The number of carboxylic acid groups (broad SMARTS) is 1. The average Bonchev–Trinajstić information content (AvgIpc) is 2.88. The van der Waals surface area contributed by atoms with Crippen molar-refractivity contribution in [3.05, 3.63) is 23.8 Å². The molecule has 0 saturated carbocycles. The molecule has 36 heavy (non-hydrogen) atoms. The van der Waals surface area contributed by atoms with E-state index in [9.17, 15) is 19.2 Å². The zero-order chi connectivity index (χ0) is 25.7. The number of urea groups is 1. The SMILES string of the molecule is COc1ccc(C(=O)N2CCC(OCCN3CCN(C(=O)O)CC3)CC2)cc1N1CCC(=O)NC1=O. The van der Waals surface area contributed by atoms with Gasteiger partial charge in [0, 0.05) is 64.3 Å². The Morgan fingerprint density at radius 2 is 1.75 bits per heavy atom. The van der Waals surface area contributed by atoms with E-state index in [1.54, 1.807) is 23.1 Å². The van der Waals surface area contributed by atoms with Gasteiger partial charge in [0.15, 0.2) is 0 Å². The molecule has 12 nitrogen and oxygen atoms in total. The molecule has 0 aliphatic carbocycles. The van der Waals surface area contributed by atoms with E-state index in [2.05, 4.69) is 10.2 Å². The van der Waals surface area contributed by atoms with Gasteiger partial charge in [-0.3, -0.25) is 24.7 Å². The number of carbonyl (C=O) groups is 4. The molecule has 0 unspecified atom stereocenters. The fraction of sp³-hybridized carbons (Fsp3) is 0.583. The molecule has 3 aliphatic heterocycles. The Kier molecular flexibility index (Phi) is 8.26. The molecule has 4 rings (SSSR count). The molecule has 1 aromatic carbocycles. The van der Waals surface area contributed by atoms with Gasteiger partial charge in [-0.1, -0.05) is 0 Å². The number of nitrogens with one attached hydrogen (secondary N) is 1. The third-order valence-electron chi connectivity index (χ3n) is 6.90. The van der Waals surface area contributed by atoms with Crippen LogP contribution in [0.25, 0.3) is 0 Å². The number of carbonyl (C=O) groups excluding carboxylic acids is 3. The maximum atomic E-state index is 13.2. The van der Waals surface area contributed by atoms with Crippen LogP contribution in [-0.2, 0) is 9.53 Å². The van der Waals surface area contributed by atoms with Crippen LogP contribution in [0.4, 0.5) is 15.3 Å². The summed E-state index contributed by atoms with van der Waals surface area (Å²) in [6.07, 6.45) is 0.858. The molecule has 0 radical (unpaired) electrons. The number of rotatable bonds is 7. The van der Waals surface area contributed by atoms with Crippen LogP contribution in [0.2, 0.25) is 0 Å². The van der Waals surface area contributed by atoms with Gasteiger partial charge >= 0.3 is 12.1 Å². The second-order valence-corrected chi connectivity index (χ2v) is 9.12. The minimum atomic E-state index is -0.869. The molecule has 3 aliphatic rings. The first-order valence-electron chi connectivity index (χ1n) is 12.3. The van der Waals surface area contributed by atoms with Crippen molar-refractivity contribution in [1.82, 2.24) is 20.0 Å². The Labute approximate surface area is 209 Å². The van der Waals surface area contributed by atoms with E-state index in [0.29, 0.717) is 62.9 Å². The number of ether oxygens (including phenoxy) is 2. The number of anilines is 1. The molecular formula is C24H33N5O7. The van der Waals surface area contributed by atoms with Gasteiger partial charge in [0.05, 0.1) is 25.5 Å². The average molecular weight is 504 g/mol. The predicted octanol–water partition coefficient (Wildman–Crippen LogP) is 1.06. The monoisotopic (exact) mass is 503 g/mol. The number of amides is 5. The Hall–Kier alpha value is -3.38. The van der Waals surface area contributed by atoms with Gasteiger partial charge in [-0.25, -0.2) is 9.59 Å². The highest BCUT2D eigenvalue weighted by atomic mass is 16.5. The third-order valence-corrected chi connectivity index (χ3v) is 6.90. The molecule has 5 amide bonds. The van der Waals surface area contributed by atoms with E-state index < -0.39 is 12.1 Å². The first-order valence-corrected chi connectivity index (χ1v) is 12.3. The normalized spacial score (nSPS) is 19.9. The second kappa shape index (κ2) is 11.6. The van der Waals surface area contributed by atoms with E-state index in [1.807, 2.05) is 0 Å². The van der Waals surface area contributed by atoms with Crippen LogP contribution >= 0.6 is 0 Å². The van der Waals surface area contributed by atoms with Crippen LogP contribution < -0.4 is 15.0 Å². The number of piperidine rings is 1. The fourth-order valence-electron chi connectivity index (χ4n) is 4.75. The maximum absolute atomic E-state index is 13.2. The van der Waals surface area contributed by atoms with Gasteiger partial charge in [0.1, 0.15) is 5.75 Å². The highest BCUT2D eigenvalue weighted by Gasteiger charge is 2.29. The number of piperazine rings is 1. The lowest BCUT2D eigenvalue weighted by molar-refractivity contribution is -0.120. The largest absolute Gasteiger partial charge is 0.495 e. The van der Waals surface area contributed by atoms with Crippen molar-refractivity contribution in [2.24, 2.45) is 0 Å². The molecule has 196 valence electrons. The van der Waals surface area contributed by atoms with Crippen molar-refractivity contribution in [3.63, 3.8) is 0 Å². The number of hydrogen-bond acceptors (Lipinski definition) is 7. The van der Waals surface area contributed by atoms with Crippen molar-refractivity contribution in [2.75, 3.05) is 71.0 Å². The number of likely N-dealkylation sites (tertiary alicyclic amines) is 1. The lowest BCUT2D eigenvalue weighted by Crippen LogP contribution is -2.49. The van der Waals surface area contributed by atoms with Crippen molar-refractivity contribution in [3.8, 4) is 5.75 Å². The smallest absolute Gasteiger partial charge is 0.407 e. The highest BCUT2D eigenvalue weighted by molar-refractivity contribution is 6.07. The molecular weight excluding hydrogens is 470 g/mol. The quantitative estimate of drug-likeness (QED) is 0.565. The van der Waals surface area contributed by atoms with Crippen LogP contribution in [0, 0.1) is 0 Å². The van der Waals surface area contributed by atoms with Gasteiger partial charge in [0.25, 0.3) is 5.91 Å². The number of nitrogens with zero attached hydrogens (tertiary/aromatic N) is 4.